The van der Waals surface area contributed by atoms with Crippen LogP contribution < -0.4 is 5.73 Å². The monoisotopic (exact) mass is 279 g/mol. The van der Waals surface area contributed by atoms with Gasteiger partial charge in [-0.1, -0.05) is 6.92 Å². The van der Waals surface area contributed by atoms with E-state index in [9.17, 15) is 4.39 Å². The molecule has 0 unspecified atom stereocenters. The molecule has 1 aromatic rings. The lowest BCUT2D eigenvalue weighted by Crippen LogP contribution is -2.10. The Morgan fingerprint density at radius 1 is 1.58 bits per heavy atom. The maximum absolute atomic E-state index is 13.1. The molecule has 2 N–H and O–H groups in total. The van der Waals surface area contributed by atoms with Gasteiger partial charge in [-0.15, -0.1) is 0 Å². The van der Waals surface area contributed by atoms with E-state index in [1.165, 1.54) is 6.07 Å². The quantitative estimate of drug-likeness (QED) is 0.828. The van der Waals surface area contributed by atoms with Crippen LogP contribution in [0.2, 0.25) is 0 Å². The number of halogens is 2. The van der Waals surface area contributed by atoms with Crippen molar-refractivity contribution < 1.29 is 4.39 Å². The minimum atomic E-state index is -0.204. The van der Waals surface area contributed by atoms with Crippen molar-refractivity contribution in [1.82, 2.24) is 0 Å². The topological polar surface area (TPSA) is 26.0 Å². The average Bonchev–Trinajstić information content (AvgIpc) is 2.08. The van der Waals surface area contributed by atoms with Crippen LogP contribution in [0, 0.1) is 9.39 Å². The third-order valence-corrected chi connectivity index (χ3v) is 2.47. The highest BCUT2D eigenvalue weighted by Gasteiger charge is 2.08. The van der Waals surface area contributed by atoms with Gasteiger partial charge >= 0.3 is 0 Å². The lowest BCUT2D eigenvalue weighted by atomic mass is 10.1. The highest BCUT2D eigenvalue weighted by Crippen LogP contribution is 2.19. The van der Waals surface area contributed by atoms with E-state index in [0.29, 0.717) is 5.56 Å². The van der Waals surface area contributed by atoms with Crippen LogP contribution in [-0.2, 0) is 0 Å². The van der Waals surface area contributed by atoms with Gasteiger partial charge in [0.25, 0.3) is 0 Å². The maximum Gasteiger partial charge on any atom is 0.128 e. The molecule has 12 heavy (non-hydrogen) atoms. The fourth-order valence-electron chi connectivity index (χ4n) is 1.02. The van der Waals surface area contributed by atoms with Gasteiger partial charge in [0.15, 0.2) is 0 Å². The molecule has 0 saturated heterocycles. The smallest absolute Gasteiger partial charge is 0.128 e. The normalized spacial score (nSPS) is 13.0. The van der Waals surface area contributed by atoms with E-state index in [0.717, 1.165) is 9.99 Å². The molecular formula is C9H11FIN. The molecule has 0 aliphatic carbocycles. The van der Waals surface area contributed by atoms with Gasteiger partial charge < -0.3 is 5.73 Å². The van der Waals surface area contributed by atoms with Crippen molar-refractivity contribution in [2.24, 2.45) is 5.73 Å². The Morgan fingerprint density at radius 3 is 2.83 bits per heavy atom. The maximum atomic E-state index is 13.1. The summed E-state index contributed by atoms with van der Waals surface area (Å²) in [5.74, 6) is -0.204. The molecule has 0 aliphatic heterocycles. The Bertz CT molecular complexity index is 275. The summed E-state index contributed by atoms with van der Waals surface area (Å²) in [6, 6.07) is 4.82. The van der Waals surface area contributed by atoms with E-state index in [-0.39, 0.29) is 11.9 Å². The summed E-state index contributed by atoms with van der Waals surface area (Å²) in [5.41, 5.74) is 6.34. The predicted octanol–water partition coefficient (Wildman–Crippen LogP) is 2.84. The van der Waals surface area contributed by atoms with Crippen LogP contribution in [0.4, 0.5) is 4.39 Å². The third-order valence-electron chi connectivity index (χ3n) is 1.80. The Morgan fingerprint density at radius 2 is 2.25 bits per heavy atom. The van der Waals surface area contributed by atoms with E-state index in [4.69, 9.17) is 5.73 Å². The van der Waals surface area contributed by atoms with Gasteiger partial charge in [0, 0.05) is 15.2 Å². The van der Waals surface area contributed by atoms with Gasteiger partial charge in [-0.2, -0.15) is 0 Å². The van der Waals surface area contributed by atoms with Crippen molar-refractivity contribution in [1.29, 1.82) is 0 Å². The summed E-state index contributed by atoms with van der Waals surface area (Å²) in [6.45, 7) is 1.95. The zero-order chi connectivity index (χ0) is 9.14. The van der Waals surface area contributed by atoms with Gasteiger partial charge in [0.1, 0.15) is 5.82 Å². The Hall–Kier alpha value is -0.160. The van der Waals surface area contributed by atoms with Gasteiger partial charge in [0.05, 0.1) is 0 Å². The molecule has 0 fully saturated rings. The highest BCUT2D eigenvalue weighted by molar-refractivity contribution is 14.1. The lowest BCUT2D eigenvalue weighted by molar-refractivity contribution is 0.575. The number of benzene rings is 1. The van der Waals surface area contributed by atoms with Gasteiger partial charge in [0.2, 0.25) is 0 Å². The SMILES string of the molecule is CC[C@@H](N)c1cc(I)ccc1F. The molecule has 1 aromatic carbocycles. The second kappa shape index (κ2) is 4.18. The summed E-state index contributed by atoms with van der Waals surface area (Å²) in [6.07, 6.45) is 0.761. The van der Waals surface area contributed by atoms with E-state index < -0.39 is 0 Å². The molecular weight excluding hydrogens is 268 g/mol. The Kier molecular flexibility index (Phi) is 3.46. The standard InChI is InChI=1S/C9H11FIN/c1-2-9(12)7-5-6(11)3-4-8(7)10/h3-5,9H,2,12H2,1H3/t9-/m1/s1. The molecule has 0 aliphatic rings. The van der Waals surface area contributed by atoms with Crippen molar-refractivity contribution in [2.75, 3.05) is 0 Å². The number of hydrogen-bond acceptors (Lipinski definition) is 1. The van der Waals surface area contributed by atoms with E-state index in [1.54, 1.807) is 12.1 Å². The lowest BCUT2D eigenvalue weighted by Gasteiger charge is -2.10. The summed E-state index contributed by atoms with van der Waals surface area (Å²) in [7, 11) is 0. The largest absolute Gasteiger partial charge is 0.324 e. The molecule has 0 spiro atoms. The first-order chi connectivity index (χ1) is 5.65. The summed E-state index contributed by atoms with van der Waals surface area (Å²) in [4.78, 5) is 0. The van der Waals surface area contributed by atoms with Crippen LogP contribution in [-0.4, -0.2) is 0 Å². The number of rotatable bonds is 2. The molecule has 3 heteroatoms. The van der Waals surface area contributed by atoms with Crippen molar-refractivity contribution in [3.63, 3.8) is 0 Å². The van der Waals surface area contributed by atoms with Gasteiger partial charge in [-0.3, -0.25) is 0 Å². The minimum Gasteiger partial charge on any atom is -0.324 e. The van der Waals surface area contributed by atoms with Crippen LogP contribution in [0.1, 0.15) is 24.9 Å². The van der Waals surface area contributed by atoms with Crippen LogP contribution in [0.5, 0.6) is 0 Å². The first-order valence-electron chi connectivity index (χ1n) is 3.85. The molecule has 1 atom stereocenters. The van der Waals surface area contributed by atoms with E-state index >= 15 is 0 Å². The zero-order valence-electron chi connectivity index (χ0n) is 6.85. The van der Waals surface area contributed by atoms with Gasteiger partial charge in [-0.05, 0) is 47.2 Å². The molecule has 0 saturated carbocycles. The minimum absolute atomic E-state index is 0.181. The summed E-state index contributed by atoms with van der Waals surface area (Å²) >= 11 is 2.15. The number of nitrogens with two attached hydrogens (primary N) is 1. The third kappa shape index (κ3) is 2.17. The number of hydrogen-bond donors (Lipinski definition) is 1. The van der Waals surface area contributed by atoms with Crippen molar-refractivity contribution in [3.05, 3.63) is 33.1 Å². The fraction of sp³-hybridized carbons (Fsp3) is 0.333. The zero-order valence-corrected chi connectivity index (χ0v) is 9.01. The van der Waals surface area contributed by atoms with Crippen LogP contribution in [0.15, 0.2) is 18.2 Å². The first kappa shape index (κ1) is 9.92. The van der Waals surface area contributed by atoms with Crippen LogP contribution in [0.25, 0.3) is 0 Å². The summed E-state index contributed by atoms with van der Waals surface area (Å²) in [5, 5.41) is 0. The molecule has 0 amide bonds. The van der Waals surface area contributed by atoms with E-state index in [2.05, 4.69) is 22.6 Å². The molecule has 1 nitrogen and oxygen atoms in total. The average molecular weight is 279 g/mol. The van der Waals surface area contributed by atoms with Gasteiger partial charge in [-0.25, -0.2) is 4.39 Å². The Labute approximate surface area is 85.3 Å². The first-order valence-corrected chi connectivity index (χ1v) is 4.93. The van der Waals surface area contributed by atoms with Crippen molar-refractivity contribution >= 4 is 22.6 Å². The Balaban J connectivity index is 3.04. The van der Waals surface area contributed by atoms with E-state index in [1.807, 2.05) is 6.92 Å². The fourth-order valence-corrected chi connectivity index (χ4v) is 1.53. The molecule has 0 bridgehead atoms. The molecule has 0 radical (unpaired) electrons. The highest BCUT2D eigenvalue weighted by atomic mass is 127. The van der Waals surface area contributed by atoms with Crippen molar-refractivity contribution in [3.8, 4) is 0 Å². The molecule has 0 aromatic heterocycles. The van der Waals surface area contributed by atoms with Crippen molar-refractivity contribution in [2.45, 2.75) is 19.4 Å². The second-order valence-electron chi connectivity index (χ2n) is 2.68. The predicted molar refractivity (Wildman–Crippen MR) is 56.3 cm³/mol. The second-order valence-corrected chi connectivity index (χ2v) is 3.93. The molecule has 66 valence electrons. The van der Waals surface area contributed by atoms with Crippen LogP contribution in [0.3, 0.4) is 0 Å². The summed E-state index contributed by atoms with van der Waals surface area (Å²) < 4.78 is 14.1. The van der Waals surface area contributed by atoms with Crippen LogP contribution >= 0.6 is 22.6 Å². The molecule has 1 rings (SSSR count). The molecule has 0 heterocycles.